The standard InChI is InChI=1S/C20H26N2O5S/c1-2-26-14-27-13-17(21-20(24)18-9-6-10-28-18)12-16(19(23)22-25)11-15-7-4-3-5-8-15/h3-10,16-17,25H,2,11-14H2,1H3,(H,21,24)(H,22,23)/t16-,17-/m0/s1. The molecule has 2 amide bonds. The van der Waals surface area contributed by atoms with Gasteiger partial charge in [0.05, 0.1) is 17.5 Å². The molecular formula is C20H26N2O5S. The van der Waals surface area contributed by atoms with Crippen LogP contribution in [0.2, 0.25) is 0 Å². The van der Waals surface area contributed by atoms with E-state index in [1.807, 2.05) is 42.6 Å². The summed E-state index contributed by atoms with van der Waals surface area (Å²) in [6, 6.07) is 12.6. The second-order valence-electron chi connectivity index (χ2n) is 6.23. The van der Waals surface area contributed by atoms with Crippen LogP contribution in [0.1, 0.15) is 28.6 Å². The van der Waals surface area contributed by atoms with E-state index >= 15 is 0 Å². The van der Waals surface area contributed by atoms with Gasteiger partial charge >= 0.3 is 0 Å². The number of carbonyl (C=O) groups is 2. The van der Waals surface area contributed by atoms with Crippen LogP contribution in [-0.2, 0) is 20.7 Å². The number of rotatable bonds is 12. The Bertz CT molecular complexity index is 709. The van der Waals surface area contributed by atoms with Gasteiger partial charge in [-0.05, 0) is 36.8 Å². The third-order valence-corrected chi connectivity index (χ3v) is 5.01. The zero-order chi connectivity index (χ0) is 20.2. The SMILES string of the molecule is CCOCOC[C@H](C[C@H](Cc1ccccc1)C(=O)NO)NC(=O)c1cccs1. The van der Waals surface area contributed by atoms with Crippen molar-refractivity contribution in [2.45, 2.75) is 25.8 Å². The first-order chi connectivity index (χ1) is 13.6. The molecule has 0 bridgehead atoms. The lowest BCUT2D eigenvalue weighted by Gasteiger charge is -2.23. The smallest absolute Gasteiger partial charge is 0.261 e. The van der Waals surface area contributed by atoms with E-state index in [4.69, 9.17) is 14.7 Å². The van der Waals surface area contributed by atoms with E-state index in [2.05, 4.69) is 5.32 Å². The maximum absolute atomic E-state index is 12.4. The van der Waals surface area contributed by atoms with Crippen molar-refractivity contribution < 1.29 is 24.3 Å². The molecule has 2 rings (SSSR count). The molecule has 0 aliphatic heterocycles. The molecule has 7 nitrogen and oxygen atoms in total. The van der Waals surface area contributed by atoms with Gasteiger partial charge in [-0.25, -0.2) is 5.48 Å². The second kappa shape index (κ2) is 12.2. The minimum absolute atomic E-state index is 0.109. The second-order valence-corrected chi connectivity index (χ2v) is 7.18. The van der Waals surface area contributed by atoms with Crippen molar-refractivity contribution in [2.24, 2.45) is 5.92 Å². The summed E-state index contributed by atoms with van der Waals surface area (Å²) in [5.41, 5.74) is 2.70. The first kappa shape index (κ1) is 22.0. The van der Waals surface area contributed by atoms with Crippen LogP contribution in [0.3, 0.4) is 0 Å². The van der Waals surface area contributed by atoms with Crippen LogP contribution in [0.4, 0.5) is 0 Å². The average molecular weight is 407 g/mol. The third kappa shape index (κ3) is 7.40. The lowest BCUT2D eigenvalue weighted by molar-refractivity contribution is -0.134. The van der Waals surface area contributed by atoms with Crippen molar-refractivity contribution >= 4 is 23.2 Å². The molecule has 0 saturated carbocycles. The van der Waals surface area contributed by atoms with Gasteiger partial charge in [-0.15, -0.1) is 11.3 Å². The quantitative estimate of drug-likeness (QED) is 0.218. The summed E-state index contributed by atoms with van der Waals surface area (Å²) in [5, 5.41) is 13.9. The van der Waals surface area contributed by atoms with Gasteiger partial charge in [0.1, 0.15) is 6.79 Å². The first-order valence-electron chi connectivity index (χ1n) is 9.11. The van der Waals surface area contributed by atoms with Crippen LogP contribution >= 0.6 is 11.3 Å². The molecule has 152 valence electrons. The fraction of sp³-hybridized carbons (Fsp3) is 0.400. The highest BCUT2D eigenvalue weighted by molar-refractivity contribution is 7.12. The van der Waals surface area contributed by atoms with Crippen molar-refractivity contribution in [1.82, 2.24) is 10.8 Å². The number of nitrogens with one attached hydrogen (secondary N) is 2. The van der Waals surface area contributed by atoms with Gasteiger partial charge in [-0.1, -0.05) is 36.4 Å². The third-order valence-electron chi connectivity index (χ3n) is 4.14. The van der Waals surface area contributed by atoms with Crippen LogP contribution in [0, 0.1) is 5.92 Å². The van der Waals surface area contributed by atoms with Gasteiger partial charge in [0.2, 0.25) is 5.91 Å². The molecule has 0 radical (unpaired) electrons. The minimum Gasteiger partial charge on any atom is -0.356 e. The fourth-order valence-corrected chi connectivity index (χ4v) is 3.41. The molecule has 0 fully saturated rings. The van der Waals surface area contributed by atoms with Crippen molar-refractivity contribution in [3.05, 3.63) is 58.3 Å². The summed E-state index contributed by atoms with van der Waals surface area (Å²) in [6.07, 6.45) is 0.745. The van der Waals surface area contributed by atoms with E-state index in [1.165, 1.54) is 11.3 Å². The number of ether oxygens (including phenoxy) is 2. The summed E-state index contributed by atoms with van der Waals surface area (Å²) in [6.45, 7) is 2.69. The number of hydrogen-bond acceptors (Lipinski definition) is 6. The van der Waals surface area contributed by atoms with Gasteiger partial charge in [-0.3, -0.25) is 14.8 Å². The molecule has 0 aliphatic rings. The maximum atomic E-state index is 12.4. The van der Waals surface area contributed by atoms with Gasteiger partial charge in [0, 0.05) is 12.5 Å². The van der Waals surface area contributed by atoms with Gasteiger partial charge < -0.3 is 14.8 Å². The van der Waals surface area contributed by atoms with Crippen molar-refractivity contribution in [2.75, 3.05) is 20.0 Å². The van der Waals surface area contributed by atoms with E-state index in [0.717, 1.165) is 5.56 Å². The predicted octanol–water partition coefficient (Wildman–Crippen LogP) is 2.61. The van der Waals surface area contributed by atoms with E-state index < -0.39 is 17.9 Å². The Hall–Kier alpha value is -2.26. The lowest BCUT2D eigenvalue weighted by Crippen LogP contribution is -2.42. The van der Waals surface area contributed by atoms with Gasteiger partial charge in [0.25, 0.3) is 5.91 Å². The summed E-state index contributed by atoms with van der Waals surface area (Å²) < 4.78 is 10.7. The number of benzene rings is 1. The molecule has 28 heavy (non-hydrogen) atoms. The highest BCUT2D eigenvalue weighted by Gasteiger charge is 2.25. The molecule has 1 aromatic carbocycles. The number of hydrogen-bond donors (Lipinski definition) is 3. The normalized spacial score (nSPS) is 12.9. The van der Waals surface area contributed by atoms with Crippen LogP contribution in [0.25, 0.3) is 0 Å². The highest BCUT2D eigenvalue weighted by Crippen LogP contribution is 2.17. The molecule has 2 aromatic rings. The van der Waals surface area contributed by atoms with Crippen molar-refractivity contribution in [3.8, 4) is 0 Å². The van der Waals surface area contributed by atoms with Gasteiger partial charge in [-0.2, -0.15) is 0 Å². The first-order valence-corrected chi connectivity index (χ1v) is 9.99. The molecule has 0 aliphatic carbocycles. The summed E-state index contributed by atoms with van der Waals surface area (Å²) >= 11 is 1.34. The zero-order valence-electron chi connectivity index (χ0n) is 15.8. The average Bonchev–Trinajstić information content (AvgIpc) is 3.25. The Balaban J connectivity index is 2.06. The molecule has 0 spiro atoms. The molecule has 0 unspecified atom stereocenters. The monoisotopic (exact) mass is 406 g/mol. The molecule has 8 heteroatoms. The van der Waals surface area contributed by atoms with Crippen LogP contribution in [0.5, 0.6) is 0 Å². The van der Waals surface area contributed by atoms with Crippen molar-refractivity contribution in [3.63, 3.8) is 0 Å². The zero-order valence-corrected chi connectivity index (χ0v) is 16.6. The number of hydroxylamine groups is 1. The van der Waals surface area contributed by atoms with E-state index in [1.54, 1.807) is 17.6 Å². The van der Waals surface area contributed by atoms with E-state index in [9.17, 15) is 9.59 Å². The number of amides is 2. The van der Waals surface area contributed by atoms with Crippen LogP contribution in [-0.4, -0.2) is 43.1 Å². The Morgan fingerprint density at radius 3 is 2.57 bits per heavy atom. The van der Waals surface area contributed by atoms with Crippen LogP contribution in [0.15, 0.2) is 47.8 Å². The molecule has 2 atom stereocenters. The van der Waals surface area contributed by atoms with Crippen LogP contribution < -0.4 is 10.8 Å². The summed E-state index contributed by atoms with van der Waals surface area (Å²) in [5.74, 6) is -1.25. The molecular weight excluding hydrogens is 380 g/mol. The Morgan fingerprint density at radius 2 is 1.93 bits per heavy atom. The molecule has 0 saturated heterocycles. The Kier molecular flexibility index (Phi) is 9.64. The summed E-state index contributed by atoms with van der Waals surface area (Å²) in [7, 11) is 0. The van der Waals surface area contributed by atoms with Crippen molar-refractivity contribution in [1.29, 1.82) is 0 Å². The minimum atomic E-state index is -0.531. The Morgan fingerprint density at radius 1 is 1.14 bits per heavy atom. The Labute approximate surface area is 168 Å². The maximum Gasteiger partial charge on any atom is 0.261 e. The molecule has 1 aromatic heterocycles. The summed E-state index contributed by atoms with van der Waals surface area (Å²) in [4.78, 5) is 25.2. The van der Waals surface area contributed by atoms with Gasteiger partial charge in [0.15, 0.2) is 0 Å². The lowest BCUT2D eigenvalue weighted by atomic mass is 9.92. The highest BCUT2D eigenvalue weighted by atomic mass is 32.1. The number of thiophene rings is 1. The number of carbonyl (C=O) groups excluding carboxylic acids is 2. The molecule has 3 N–H and O–H groups in total. The van der Waals surface area contributed by atoms with E-state index in [-0.39, 0.29) is 19.3 Å². The fourth-order valence-electron chi connectivity index (χ4n) is 2.78. The largest absolute Gasteiger partial charge is 0.356 e. The topological polar surface area (TPSA) is 96.9 Å². The van der Waals surface area contributed by atoms with E-state index in [0.29, 0.717) is 24.3 Å². The predicted molar refractivity (Wildman–Crippen MR) is 106 cm³/mol. The molecule has 1 heterocycles.